The van der Waals surface area contributed by atoms with Crippen LogP contribution in [-0.4, -0.2) is 109 Å². The van der Waals surface area contributed by atoms with Gasteiger partial charge in [-0.2, -0.15) is 0 Å². The number of nitrogens with one attached hydrogen (secondary N) is 3. The van der Waals surface area contributed by atoms with Gasteiger partial charge < -0.3 is 50.3 Å². The lowest BCUT2D eigenvalue weighted by Gasteiger charge is -2.53. The van der Waals surface area contributed by atoms with E-state index in [0.29, 0.717) is 6.42 Å². The van der Waals surface area contributed by atoms with Crippen LogP contribution in [0.15, 0.2) is 4.99 Å². The maximum Gasteiger partial charge on any atom is 0.407 e. The van der Waals surface area contributed by atoms with Crippen LogP contribution in [0.2, 0.25) is 0 Å². The van der Waals surface area contributed by atoms with E-state index in [4.69, 9.17) is 35.8 Å². The number of esters is 1. The van der Waals surface area contributed by atoms with Crippen molar-refractivity contribution in [1.29, 1.82) is 0 Å². The van der Waals surface area contributed by atoms with Gasteiger partial charge in [0.05, 0.1) is 29.8 Å². The third kappa shape index (κ3) is 11.2. The van der Waals surface area contributed by atoms with E-state index in [-0.39, 0.29) is 50.3 Å². The summed E-state index contributed by atoms with van der Waals surface area (Å²) in [5.74, 6) is -1.91. The molecule has 15 heteroatoms. The number of nitrogens with zero attached hydrogens (tertiary/aromatic N) is 1. The summed E-state index contributed by atoms with van der Waals surface area (Å²) in [5.41, 5.74) is 2.48. The van der Waals surface area contributed by atoms with Gasteiger partial charge in [-0.3, -0.25) is 15.1 Å². The number of fused-ring (bicyclic) bond motifs is 2. The molecule has 2 saturated heterocycles. The second-order valence-electron chi connectivity index (χ2n) is 14.2. The van der Waals surface area contributed by atoms with Crippen molar-refractivity contribution < 1.29 is 48.3 Å². The van der Waals surface area contributed by atoms with Crippen LogP contribution in [-0.2, 0) is 28.5 Å². The lowest BCUT2D eigenvalue weighted by atomic mass is 9.72. The van der Waals surface area contributed by atoms with Crippen molar-refractivity contribution in [2.75, 3.05) is 26.7 Å². The van der Waals surface area contributed by atoms with Crippen molar-refractivity contribution in [3.8, 4) is 12.3 Å². The van der Waals surface area contributed by atoms with Crippen LogP contribution < -0.4 is 21.7 Å². The molecule has 49 heavy (non-hydrogen) atoms. The number of cyclic esters (lactones) is 1. The van der Waals surface area contributed by atoms with Crippen molar-refractivity contribution in [3.05, 3.63) is 0 Å². The highest BCUT2D eigenvalue weighted by molar-refractivity contribution is 5.95. The Balaban J connectivity index is 2.46. The van der Waals surface area contributed by atoms with Gasteiger partial charge in [0.2, 0.25) is 0 Å². The van der Waals surface area contributed by atoms with Crippen LogP contribution in [0.25, 0.3) is 0 Å². The smallest absolute Gasteiger partial charge is 0.407 e. The molecule has 2 aliphatic rings. The van der Waals surface area contributed by atoms with Crippen molar-refractivity contribution in [1.82, 2.24) is 16.0 Å². The van der Waals surface area contributed by atoms with E-state index in [9.17, 15) is 24.6 Å². The molecule has 0 saturated carbocycles. The first kappa shape index (κ1) is 42.0. The standard InChI is InChI=1S/C34H59N5O10/c1-12-17-45-26-21(5)25(47-31(42)38-16-14-15-37-29(35)39-30(41)36-11)22(6)28(40)46-23(13-2)34(10,44)27-20(4)24(48-32(7,8)49-27)19(3)18-33(26,9)43/h1,19-27,43-44H,13-18H2,2-11H3,(H,38,42)(H4,35,36,37,39,41). The molecule has 280 valence electrons. The van der Waals surface area contributed by atoms with E-state index in [1.165, 1.54) is 7.05 Å². The minimum atomic E-state index is -1.63. The number of rotatable bonds is 8. The van der Waals surface area contributed by atoms with E-state index < -0.39 is 77.4 Å². The van der Waals surface area contributed by atoms with Crippen molar-refractivity contribution in [3.63, 3.8) is 0 Å². The van der Waals surface area contributed by atoms with Gasteiger partial charge in [0, 0.05) is 32.0 Å². The average Bonchev–Trinajstić information content (AvgIpc) is 3.01. The highest BCUT2D eigenvalue weighted by Crippen LogP contribution is 2.44. The Morgan fingerprint density at radius 3 is 2.37 bits per heavy atom. The molecular formula is C34H59N5O10. The average molecular weight is 698 g/mol. The van der Waals surface area contributed by atoms with Gasteiger partial charge in [0.25, 0.3) is 0 Å². The van der Waals surface area contributed by atoms with Crippen LogP contribution in [0.3, 0.4) is 0 Å². The van der Waals surface area contributed by atoms with Gasteiger partial charge in [0.15, 0.2) is 11.7 Å². The fraction of sp³-hybridized carbons (Fsp3) is 0.824. The van der Waals surface area contributed by atoms with E-state index >= 15 is 0 Å². The molecule has 2 rings (SSSR count). The summed E-state index contributed by atoms with van der Waals surface area (Å²) >= 11 is 0. The fourth-order valence-electron chi connectivity index (χ4n) is 7.12. The molecule has 2 bridgehead atoms. The van der Waals surface area contributed by atoms with Crippen molar-refractivity contribution in [2.24, 2.45) is 34.4 Å². The molecule has 11 atom stereocenters. The molecule has 0 aromatic carbocycles. The van der Waals surface area contributed by atoms with Crippen LogP contribution in [0.1, 0.15) is 81.6 Å². The lowest BCUT2D eigenvalue weighted by molar-refractivity contribution is -0.359. The van der Waals surface area contributed by atoms with E-state index in [0.717, 1.165) is 0 Å². The molecule has 3 amide bonds. The summed E-state index contributed by atoms with van der Waals surface area (Å²) < 4.78 is 30.6. The third-order valence-corrected chi connectivity index (χ3v) is 9.40. The molecule has 0 spiro atoms. The van der Waals surface area contributed by atoms with Gasteiger partial charge >= 0.3 is 18.1 Å². The van der Waals surface area contributed by atoms with Crippen LogP contribution in [0, 0.1) is 36.0 Å². The Bertz CT molecular complexity index is 1200. The Labute approximate surface area is 290 Å². The Kier molecular flexibility index (Phi) is 15.1. The summed E-state index contributed by atoms with van der Waals surface area (Å²) in [5, 5.41) is 31.4. The zero-order valence-corrected chi connectivity index (χ0v) is 30.7. The minimum absolute atomic E-state index is 0.0773. The monoisotopic (exact) mass is 697 g/mol. The fourth-order valence-corrected chi connectivity index (χ4v) is 7.12. The van der Waals surface area contributed by atoms with Gasteiger partial charge in [-0.15, -0.1) is 6.42 Å². The molecule has 0 aromatic rings. The maximum atomic E-state index is 13.8. The van der Waals surface area contributed by atoms with Crippen LogP contribution in [0.5, 0.6) is 0 Å². The number of amides is 3. The normalized spacial score (nSPS) is 37.1. The SMILES string of the molecule is C#CCOC1C(C)C(OC(=O)NCCCN=C(N)NC(=O)NC)C(C)C(=O)OC(CC)C(C)(O)C2OC(C)(C)OC(C(C)CC1(C)O)C2C. The maximum absolute atomic E-state index is 13.8. The molecular weight excluding hydrogens is 638 g/mol. The highest BCUT2D eigenvalue weighted by atomic mass is 16.7. The first-order valence-electron chi connectivity index (χ1n) is 17.0. The Morgan fingerprint density at radius 1 is 1.12 bits per heavy atom. The summed E-state index contributed by atoms with van der Waals surface area (Å²) in [6.45, 7) is 15.9. The van der Waals surface area contributed by atoms with Gasteiger partial charge in [-0.05, 0) is 59.8 Å². The molecule has 0 radical (unpaired) electrons. The Hall–Kier alpha value is -3.16. The zero-order chi connectivity index (χ0) is 37.3. The number of ether oxygens (including phenoxy) is 5. The number of aliphatic hydroxyl groups is 2. The predicted octanol–water partition coefficient (Wildman–Crippen LogP) is 2.03. The zero-order valence-electron chi connectivity index (χ0n) is 30.7. The van der Waals surface area contributed by atoms with E-state index in [1.807, 2.05) is 13.8 Å². The number of aliphatic imine (C=N–C) groups is 1. The molecule has 11 unspecified atom stereocenters. The lowest BCUT2D eigenvalue weighted by Crippen LogP contribution is -2.64. The van der Waals surface area contributed by atoms with E-state index in [1.54, 1.807) is 48.5 Å². The summed E-state index contributed by atoms with van der Waals surface area (Å²) in [6.07, 6.45) is 1.16. The third-order valence-electron chi connectivity index (χ3n) is 9.40. The van der Waals surface area contributed by atoms with Gasteiger partial charge in [0.1, 0.15) is 24.4 Å². The number of hydrogen-bond acceptors (Lipinski definition) is 11. The number of urea groups is 1. The first-order valence-corrected chi connectivity index (χ1v) is 17.0. The summed E-state index contributed by atoms with van der Waals surface area (Å²) in [6, 6.07) is -0.511. The second-order valence-corrected chi connectivity index (χ2v) is 14.2. The number of carbonyl (C=O) groups excluding carboxylic acids is 3. The number of hydrogen-bond donors (Lipinski definition) is 6. The second kappa shape index (κ2) is 17.7. The van der Waals surface area contributed by atoms with Crippen LogP contribution >= 0.6 is 0 Å². The van der Waals surface area contributed by atoms with Crippen LogP contribution in [0.4, 0.5) is 9.59 Å². The summed E-state index contributed by atoms with van der Waals surface area (Å²) in [4.78, 5) is 42.4. The number of alkyl carbamates (subject to hydrolysis) is 1. The van der Waals surface area contributed by atoms with Crippen molar-refractivity contribution >= 4 is 24.1 Å². The highest BCUT2D eigenvalue weighted by Gasteiger charge is 2.55. The van der Waals surface area contributed by atoms with Crippen molar-refractivity contribution in [2.45, 2.75) is 129 Å². The van der Waals surface area contributed by atoms with Gasteiger partial charge in [-0.1, -0.05) is 33.6 Å². The molecule has 0 aliphatic carbocycles. The van der Waals surface area contributed by atoms with Gasteiger partial charge in [-0.25, -0.2) is 9.59 Å². The quantitative estimate of drug-likeness (QED) is 0.0710. The number of terminal acetylenes is 1. The topological polar surface area (TPSA) is 212 Å². The number of guanidine groups is 1. The number of carbonyl (C=O) groups is 3. The molecule has 7 N–H and O–H groups in total. The predicted molar refractivity (Wildman–Crippen MR) is 182 cm³/mol. The minimum Gasteiger partial charge on any atom is -0.459 e. The molecule has 2 aliphatic heterocycles. The van der Waals surface area contributed by atoms with E-state index in [2.05, 4.69) is 26.9 Å². The number of nitrogens with two attached hydrogens (primary N) is 1. The Morgan fingerprint density at radius 2 is 1.78 bits per heavy atom. The molecule has 2 fully saturated rings. The summed E-state index contributed by atoms with van der Waals surface area (Å²) in [7, 11) is 1.44. The molecule has 0 aromatic heterocycles. The molecule has 15 nitrogen and oxygen atoms in total. The largest absolute Gasteiger partial charge is 0.459 e. The molecule has 2 heterocycles. The first-order chi connectivity index (χ1) is 22.7.